The summed E-state index contributed by atoms with van der Waals surface area (Å²) in [5.41, 5.74) is 1.84. The van der Waals surface area contributed by atoms with E-state index in [1.165, 1.54) is 12.4 Å². The Hall–Kier alpha value is -2.40. The van der Waals surface area contributed by atoms with Crippen LogP contribution in [0.25, 0.3) is 0 Å². The highest BCUT2D eigenvalue weighted by atomic mass is 35.5. The van der Waals surface area contributed by atoms with Gasteiger partial charge in [-0.15, -0.1) is 0 Å². The van der Waals surface area contributed by atoms with Crippen molar-refractivity contribution in [1.29, 1.82) is 0 Å². The van der Waals surface area contributed by atoms with Gasteiger partial charge in [-0.05, 0) is 43.0 Å². The van der Waals surface area contributed by atoms with Gasteiger partial charge in [-0.25, -0.2) is 0 Å². The first-order valence-electron chi connectivity index (χ1n) is 7.90. The summed E-state index contributed by atoms with van der Waals surface area (Å²) in [6.07, 6.45) is 5.65. The van der Waals surface area contributed by atoms with E-state index >= 15 is 0 Å². The maximum absolute atomic E-state index is 12.2. The maximum Gasteiger partial charge on any atom is 0.253 e. The molecule has 2 amide bonds. The van der Waals surface area contributed by atoms with Gasteiger partial charge in [-0.3, -0.25) is 14.6 Å². The second-order valence-corrected chi connectivity index (χ2v) is 6.28. The van der Waals surface area contributed by atoms with E-state index in [1.54, 1.807) is 6.07 Å². The van der Waals surface area contributed by atoms with Crippen molar-refractivity contribution >= 4 is 23.4 Å². The molecule has 2 N–H and O–H groups in total. The first-order valence-corrected chi connectivity index (χ1v) is 8.28. The number of hydrogen-bond donors (Lipinski definition) is 2. The molecule has 0 spiro atoms. The minimum Gasteiger partial charge on any atom is -0.352 e. The van der Waals surface area contributed by atoms with E-state index in [0.717, 1.165) is 18.4 Å². The topological polar surface area (TPSA) is 71.1 Å². The molecule has 0 unspecified atom stereocenters. The smallest absolute Gasteiger partial charge is 0.253 e. The summed E-state index contributed by atoms with van der Waals surface area (Å²) >= 11 is 5.94. The fourth-order valence-electron chi connectivity index (χ4n) is 2.30. The van der Waals surface area contributed by atoms with Crippen molar-refractivity contribution in [1.82, 2.24) is 15.6 Å². The normalized spacial score (nSPS) is 13.4. The van der Waals surface area contributed by atoms with Gasteiger partial charge < -0.3 is 10.6 Å². The van der Waals surface area contributed by atoms with E-state index in [1.807, 2.05) is 24.3 Å². The minimum atomic E-state index is -0.245. The Morgan fingerprint density at radius 2 is 1.88 bits per heavy atom. The molecule has 1 aromatic carbocycles. The molecule has 0 bridgehead atoms. The van der Waals surface area contributed by atoms with E-state index < -0.39 is 0 Å². The number of carbonyl (C=O) groups excluding carboxylic acids is 2. The molecule has 3 rings (SSSR count). The van der Waals surface area contributed by atoms with Gasteiger partial charge in [0.25, 0.3) is 11.8 Å². The van der Waals surface area contributed by atoms with E-state index in [2.05, 4.69) is 15.6 Å². The van der Waals surface area contributed by atoms with Crippen molar-refractivity contribution < 1.29 is 9.59 Å². The molecule has 124 valence electrons. The Morgan fingerprint density at radius 1 is 1.12 bits per heavy atom. The lowest BCUT2D eigenvalue weighted by atomic mass is 10.1. The van der Waals surface area contributed by atoms with Crippen molar-refractivity contribution in [3.05, 3.63) is 64.4 Å². The molecule has 5 nitrogen and oxygen atoms in total. The van der Waals surface area contributed by atoms with Crippen LogP contribution in [0, 0.1) is 0 Å². The summed E-state index contributed by atoms with van der Waals surface area (Å²) in [5, 5.41) is 6.39. The average Bonchev–Trinajstić information content (AvgIpc) is 3.39. The summed E-state index contributed by atoms with van der Waals surface area (Å²) in [6, 6.07) is 9.37. The van der Waals surface area contributed by atoms with E-state index in [9.17, 15) is 9.59 Å². The summed E-state index contributed by atoms with van der Waals surface area (Å²) in [7, 11) is 0. The van der Waals surface area contributed by atoms with Crippen molar-refractivity contribution in [3.63, 3.8) is 0 Å². The van der Waals surface area contributed by atoms with Crippen LogP contribution >= 0.6 is 11.6 Å². The zero-order valence-electron chi connectivity index (χ0n) is 13.1. The number of halogens is 1. The van der Waals surface area contributed by atoms with Gasteiger partial charge in [0.15, 0.2) is 0 Å². The van der Waals surface area contributed by atoms with Crippen LogP contribution < -0.4 is 10.6 Å². The number of rotatable bonds is 6. The zero-order valence-corrected chi connectivity index (χ0v) is 13.8. The molecule has 1 saturated carbocycles. The van der Waals surface area contributed by atoms with Gasteiger partial charge in [0, 0.05) is 30.0 Å². The quantitative estimate of drug-likeness (QED) is 0.847. The minimum absolute atomic E-state index is 0.182. The third-order valence-electron chi connectivity index (χ3n) is 3.76. The number of hydrogen-bond acceptors (Lipinski definition) is 3. The number of aromatic nitrogens is 1. The number of nitrogens with one attached hydrogen (secondary N) is 2. The Kier molecular flexibility index (Phi) is 5.11. The van der Waals surface area contributed by atoms with Crippen LogP contribution in [0.1, 0.15) is 39.1 Å². The highest BCUT2D eigenvalue weighted by Gasteiger charge is 2.24. The lowest BCUT2D eigenvalue weighted by Gasteiger charge is -2.07. The van der Waals surface area contributed by atoms with Crippen LogP contribution in [0.3, 0.4) is 0 Å². The zero-order chi connectivity index (χ0) is 16.9. The fourth-order valence-corrected chi connectivity index (χ4v) is 2.51. The largest absolute Gasteiger partial charge is 0.352 e. The second-order valence-electron chi connectivity index (χ2n) is 5.85. The first-order chi connectivity index (χ1) is 11.6. The first kappa shape index (κ1) is 16.5. The van der Waals surface area contributed by atoms with Gasteiger partial charge in [-0.1, -0.05) is 23.7 Å². The van der Waals surface area contributed by atoms with Crippen LogP contribution in [0.15, 0.2) is 42.7 Å². The molecule has 1 aromatic heterocycles. The van der Waals surface area contributed by atoms with Gasteiger partial charge in [0.1, 0.15) is 0 Å². The molecule has 1 heterocycles. The fraction of sp³-hybridized carbons (Fsp3) is 0.278. The van der Waals surface area contributed by atoms with Crippen molar-refractivity contribution in [2.75, 3.05) is 6.54 Å². The Morgan fingerprint density at radius 3 is 2.58 bits per heavy atom. The molecule has 1 aliphatic rings. The summed E-state index contributed by atoms with van der Waals surface area (Å²) < 4.78 is 0. The van der Waals surface area contributed by atoms with Crippen LogP contribution in [-0.4, -0.2) is 29.4 Å². The van der Waals surface area contributed by atoms with Gasteiger partial charge in [0.05, 0.1) is 11.1 Å². The molecular formula is C18H18ClN3O2. The van der Waals surface area contributed by atoms with Crippen LogP contribution in [0.5, 0.6) is 0 Å². The lowest BCUT2D eigenvalue weighted by molar-refractivity contribution is 0.0950. The highest BCUT2D eigenvalue weighted by molar-refractivity contribution is 6.30. The van der Waals surface area contributed by atoms with Crippen molar-refractivity contribution in [2.45, 2.75) is 25.3 Å². The molecule has 0 aliphatic heterocycles. The molecule has 0 atom stereocenters. The predicted octanol–water partition coefficient (Wildman–Crippen LogP) is 2.60. The number of pyridine rings is 1. The molecule has 0 saturated heterocycles. The number of carbonyl (C=O) groups is 2. The van der Waals surface area contributed by atoms with Crippen LogP contribution in [0.2, 0.25) is 5.02 Å². The number of nitrogens with zero attached hydrogens (tertiary/aromatic N) is 1. The Balaban J connectivity index is 1.55. The average molecular weight is 344 g/mol. The standard InChI is InChI=1S/C18H18ClN3O2/c19-15-3-1-2-12(8-15)6-7-21-17(23)13-9-14(11-20-10-13)18(24)22-16-4-5-16/h1-3,8-11,16H,4-7H2,(H,21,23)(H,22,24). The molecule has 24 heavy (non-hydrogen) atoms. The number of benzene rings is 1. The third kappa shape index (κ3) is 4.55. The van der Waals surface area contributed by atoms with E-state index in [-0.39, 0.29) is 17.9 Å². The maximum atomic E-state index is 12.2. The Bertz CT molecular complexity index is 759. The summed E-state index contributed by atoms with van der Waals surface area (Å²) in [4.78, 5) is 28.2. The Labute approximate surface area is 145 Å². The van der Waals surface area contributed by atoms with Crippen LogP contribution in [-0.2, 0) is 6.42 Å². The second kappa shape index (κ2) is 7.45. The van der Waals surface area contributed by atoms with E-state index in [4.69, 9.17) is 11.6 Å². The molecular weight excluding hydrogens is 326 g/mol. The van der Waals surface area contributed by atoms with Gasteiger partial charge in [0.2, 0.25) is 0 Å². The van der Waals surface area contributed by atoms with Gasteiger partial charge in [-0.2, -0.15) is 0 Å². The van der Waals surface area contributed by atoms with E-state index in [0.29, 0.717) is 29.1 Å². The molecule has 6 heteroatoms. The highest BCUT2D eigenvalue weighted by Crippen LogP contribution is 2.19. The molecule has 1 aliphatic carbocycles. The SMILES string of the molecule is O=C(NCCc1cccc(Cl)c1)c1cncc(C(=O)NC2CC2)c1. The molecule has 0 radical (unpaired) electrons. The van der Waals surface area contributed by atoms with Gasteiger partial charge >= 0.3 is 0 Å². The monoisotopic (exact) mass is 343 g/mol. The predicted molar refractivity (Wildman–Crippen MR) is 92.2 cm³/mol. The third-order valence-corrected chi connectivity index (χ3v) is 4.00. The lowest BCUT2D eigenvalue weighted by Crippen LogP contribution is -2.28. The summed E-state index contributed by atoms with van der Waals surface area (Å²) in [6.45, 7) is 0.484. The summed E-state index contributed by atoms with van der Waals surface area (Å²) in [5.74, 6) is -0.427. The van der Waals surface area contributed by atoms with Crippen LogP contribution in [0.4, 0.5) is 0 Å². The van der Waals surface area contributed by atoms with Crippen molar-refractivity contribution in [3.8, 4) is 0 Å². The number of amides is 2. The molecule has 2 aromatic rings. The van der Waals surface area contributed by atoms with Crippen molar-refractivity contribution in [2.24, 2.45) is 0 Å². The molecule has 1 fully saturated rings.